The van der Waals surface area contributed by atoms with Crippen LogP contribution in [0.25, 0.3) is 0 Å². The van der Waals surface area contributed by atoms with E-state index < -0.39 is 16.1 Å². The van der Waals surface area contributed by atoms with E-state index in [2.05, 4.69) is 21.1 Å². The van der Waals surface area contributed by atoms with Gasteiger partial charge in [0.15, 0.2) is 6.73 Å². The van der Waals surface area contributed by atoms with E-state index in [0.717, 1.165) is 28.5 Å². The first-order valence-electron chi connectivity index (χ1n) is 11.7. The fraction of sp³-hybridized carbons (Fsp3) is 0.192. The van der Waals surface area contributed by atoms with Gasteiger partial charge in [-0.3, -0.25) is 9.45 Å². The molecule has 0 radical (unpaired) electrons. The number of aryl methyl sites for hydroxylation is 2. The van der Waals surface area contributed by atoms with Crippen molar-refractivity contribution < 1.29 is 26.9 Å². The Balaban J connectivity index is 0.000000249. The van der Waals surface area contributed by atoms with Crippen LogP contribution < -0.4 is 25.8 Å². The van der Waals surface area contributed by atoms with E-state index in [4.69, 9.17) is 14.1 Å². The van der Waals surface area contributed by atoms with Gasteiger partial charge in [0.25, 0.3) is 10.1 Å². The molecule has 12 heteroatoms. The maximum Gasteiger partial charge on any atom is 0.351 e. The molecular weight excluding hydrogens is 513 g/mol. The molecule has 0 spiro atoms. The Morgan fingerprint density at radius 3 is 2.45 bits per heavy atom. The maximum absolute atomic E-state index is 14.1. The van der Waals surface area contributed by atoms with Crippen LogP contribution in [0.2, 0.25) is 0 Å². The van der Waals surface area contributed by atoms with Crippen molar-refractivity contribution in [1.29, 1.82) is 0 Å². The molecule has 1 atom stereocenters. The zero-order chi connectivity index (χ0) is 27.1. The molecule has 3 aliphatic heterocycles. The molecule has 6 rings (SSSR count). The number of nitrogens with zero attached hydrogens (tertiary/aromatic N) is 2. The molecular formula is C26H26FN5O5S. The smallest absolute Gasteiger partial charge is 0.351 e. The summed E-state index contributed by atoms with van der Waals surface area (Å²) < 4.78 is 48.8. The lowest BCUT2D eigenvalue weighted by atomic mass is 10.1. The van der Waals surface area contributed by atoms with Gasteiger partial charge in [-0.05, 0) is 74.4 Å². The minimum atomic E-state index is -4.00. The molecule has 1 saturated heterocycles. The number of hydrogen-bond donors (Lipinski definition) is 4. The SMILES string of the molecule is CC1=C2NOC(Nc3cc(C)c(F)c(C)c3)(N=C1)N2c1ccc2c(c1)NCO2.O=S(=O)(O)c1ccccc1. The van der Waals surface area contributed by atoms with Crippen LogP contribution in [0.3, 0.4) is 0 Å². The standard InChI is InChI=1S/C20H20FN5O2.C6H6O3S/c1-11-6-14(7-12(2)18(11)21)24-20-23-9-13(3)19(25-28-20)26(20)15-4-5-17-16(8-15)22-10-27-17;7-10(8,9)6-4-2-1-3-5-6/h4-9,22,24-25H,10H2,1-3H3;1-5H,(H,7,8,9). The van der Waals surface area contributed by atoms with Crippen LogP contribution in [-0.4, -0.2) is 31.9 Å². The number of allylic oxidation sites excluding steroid dienone is 1. The average molecular weight is 540 g/mol. The zero-order valence-electron chi connectivity index (χ0n) is 20.8. The average Bonchev–Trinajstić information content (AvgIpc) is 3.47. The summed E-state index contributed by atoms with van der Waals surface area (Å²) >= 11 is 0. The van der Waals surface area contributed by atoms with Gasteiger partial charge >= 0.3 is 5.97 Å². The molecule has 3 aromatic rings. The maximum atomic E-state index is 14.1. The molecule has 198 valence electrons. The van der Waals surface area contributed by atoms with Crippen LogP contribution in [0.5, 0.6) is 5.75 Å². The highest BCUT2D eigenvalue weighted by Gasteiger charge is 2.49. The van der Waals surface area contributed by atoms with Crippen LogP contribution in [0.15, 0.2) is 81.9 Å². The van der Waals surface area contributed by atoms with Crippen molar-refractivity contribution in [3.8, 4) is 5.75 Å². The number of nitrogens with one attached hydrogen (secondary N) is 3. The normalized spacial score (nSPS) is 19.1. The van der Waals surface area contributed by atoms with Crippen LogP contribution in [-0.2, 0) is 15.0 Å². The third-order valence-electron chi connectivity index (χ3n) is 6.12. The summed E-state index contributed by atoms with van der Waals surface area (Å²) in [5.41, 5.74) is 7.52. The number of ether oxygens (including phenoxy) is 1. The van der Waals surface area contributed by atoms with E-state index in [1.54, 1.807) is 50.4 Å². The van der Waals surface area contributed by atoms with Gasteiger partial charge < -0.3 is 15.4 Å². The lowest BCUT2D eigenvalue weighted by Gasteiger charge is -2.36. The largest absolute Gasteiger partial charge is 0.471 e. The van der Waals surface area contributed by atoms with Gasteiger partial charge in [-0.25, -0.2) is 19.7 Å². The van der Waals surface area contributed by atoms with E-state index >= 15 is 0 Å². The second-order valence-electron chi connectivity index (χ2n) is 8.92. The summed E-state index contributed by atoms with van der Waals surface area (Å²) in [5.74, 6) is 0.165. The number of rotatable bonds is 4. The van der Waals surface area contributed by atoms with Gasteiger partial charge in [0.2, 0.25) is 0 Å². The van der Waals surface area contributed by atoms with E-state index in [1.807, 2.05) is 30.0 Å². The molecule has 3 aromatic carbocycles. The number of anilines is 3. The molecule has 3 heterocycles. The molecule has 0 saturated carbocycles. The van der Waals surface area contributed by atoms with Crippen LogP contribution in [0.1, 0.15) is 18.1 Å². The fourth-order valence-electron chi connectivity index (χ4n) is 4.28. The predicted molar refractivity (Wildman–Crippen MR) is 142 cm³/mol. The van der Waals surface area contributed by atoms with Crippen LogP contribution >= 0.6 is 0 Å². The summed E-state index contributed by atoms with van der Waals surface area (Å²) in [6, 6.07) is 16.8. The van der Waals surface area contributed by atoms with Crippen molar-refractivity contribution in [2.75, 3.05) is 22.3 Å². The van der Waals surface area contributed by atoms with Crippen molar-refractivity contribution in [3.05, 3.63) is 89.0 Å². The lowest BCUT2D eigenvalue weighted by molar-refractivity contribution is -0.0214. The van der Waals surface area contributed by atoms with E-state index in [0.29, 0.717) is 23.5 Å². The Morgan fingerprint density at radius 1 is 1.08 bits per heavy atom. The monoisotopic (exact) mass is 539 g/mol. The highest BCUT2D eigenvalue weighted by atomic mass is 32.2. The van der Waals surface area contributed by atoms with Crippen molar-refractivity contribution >= 4 is 33.4 Å². The number of fused-ring (bicyclic) bond motifs is 3. The van der Waals surface area contributed by atoms with Gasteiger partial charge in [0.05, 0.1) is 16.3 Å². The first-order chi connectivity index (χ1) is 18.1. The van der Waals surface area contributed by atoms with Crippen molar-refractivity contribution in [3.63, 3.8) is 0 Å². The van der Waals surface area contributed by atoms with Gasteiger partial charge in [0, 0.05) is 17.5 Å². The quantitative estimate of drug-likeness (QED) is 0.354. The van der Waals surface area contributed by atoms with Crippen molar-refractivity contribution in [2.24, 2.45) is 4.99 Å². The molecule has 0 amide bonds. The summed E-state index contributed by atoms with van der Waals surface area (Å²) in [5, 5.41) is 6.52. The number of hydrogen-bond acceptors (Lipinski definition) is 9. The highest BCUT2D eigenvalue weighted by molar-refractivity contribution is 7.85. The van der Waals surface area contributed by atoms with Crippen molar-refractivity contribution in [2.45, 2.75) is 31.6 Å². The first kappa shape index (κ1) is 25.5. The molecule has 0 aromatic heterocycles. The Labute approximate surface area is 219 Å². The first-order valence-corrected chi connectivity index (χ1v) is 13.1. The minimum Gasteiger partial charge on any atom is -0.471 e. The lowest BCUT2D eigenvalue weighted by Crippen LogP contribution is -2.51. The Hall–Kier alpha value is -4.13. The summed E-state index contributed by atoms with van der Waals surface area (Å²) in [6.07, 6.45) is 1.76. The second-order valence-corrected chi connectivity index (χ2v) is 10.3. The Kier molecular flexibility index (Phi) is 6.47. The van der Waals surface area contributed by atoms with E-state index in [9.17, 15) is 12.8 Å². The van der Waals surface area contributed by atoms with Crippen LogP contribution in [0, 0.1) is 19.7 Å². The van der Waals surface area contributed by atoms with Gasteiger partial charge in [0.1, 0.15) is 17.4 Å². The van der Waals surface area contributed by atoms with Gasteiger partial charge in [-0.1, -0.05) is 18.2 Å². The Morgan fingerprint density at radius 2 is 1.79 bits per heavy atom. The topological polar surface area (TPSA) is 125 Å². The molecule has 0 aliphatic carbocycles. The zero-order valence-corrected chi connectivity index (χ0v) is 21.6. The van der Waals surface area contributed by atoms with E-state index in [1.165, 1.54) is 12.1 Å². The minimum absolute atomic E-state index is 0.0741. The number of benzene rings is 3. The Bertz CT molecular complexity index is 1540. The fourth-order valence-corrected chi connectivity index (χ4v) is 4.78. The van der Waals surface area contributed by atoms with Crippen molar-refractivity contribution in [1.82, 2.24) is 5.48 Å². The molecule has 2 bridgehead atoms. The number of aliphatic imine (C=N–C) groups is 1. The predicted octanol–water partition coefficient (Wildman–Crippen LogP) is 4.52. The molecule has 38 heavy (non-hydrogen) atoms. The molecule has 3 aliphatic rings. The summed E-state index contributed by atoms with van der Waals surface area (Å²) in [6.45, 7) is 5.88. The summed E-state index contributed by atoms with van der Waals surface area (Å²) in [7, 11) is -4.00. The van der Waals surface area contributed by atoms with Gasteiger partial charge in [-0.15, -0.1) is 0 Å². The second kappa shape index (κ2) is 9.63. The van der Waals surface area contributed by atoms with E-state index in [-0.39, 0.29) is 10.7 Å². The highest BCUT2D eigenvalue weighted by Crippen LogP contribution is 2.42. The molecule has 4 N–H and O–H groups in total. The number of halogens is 1. The van der Waals surface area contributed by atoms with Gasteiger partial charge in [-0.2, -0.15) is 8.42 Å². The molecule has 1 unspecified atom stereocenters. The third kappa shape index (κ3) is 4.76. The summed E-state index contributed by atoms with van der Waals surface area (Å²) in [4.78, 5) is 12.4. The molecule has 10 nitrogen and oxygen atoms in total. The van der Waals surface area contributed by atoms with Crippen LogP contribution in [0.4, 0.5) is 21.5 Å². The molecule has 1 fully saturated rings. The third-order valence-corrected chi connectivity index (χ3v) is 6.99. The number of hydroxylamine groups is 1.